The van der Waals surface area contributed by atoms with Gasteiger partial charge in [0.25, 0.3) is 0 Å². The lowest BCUT2D eigenvalue weighted by Crippen LogP contribution is -2.15. The molecule has 5 heteroatoms. The molecule has 25 heavy (non-hydrogen) atoms. The quantitative estimate of drug-likeness (QED) is 0.546. The van der Waals surface area contributed by atoms with Gasteiger partial charge in [0.2, 0.25) is 5.43 Å². The molecule has 0 aromatic heterocycles. The van der Waals surface area contributed by atoms with Crippen LogP contribution < -0.4 is 15.5 Å². The summed E-state index contributed by atoms with van der Waals surface area (Å²) in [5.41, 5.74) is 0.981. The average Bonchev–Trinajstić information content (AvgIpc) is 2.75. The number of carbonyl (C=O) groups excluding carboxylic acids is 1. The summed E-state index contributed by atoms with van der Waals surface area (Å²) in [6.07, 6.45) is 3.07. The van der Waals surface area contributed by atoms with Gasteiger partial charge in [-0.1, -0.05) is 34.1 Å². The highest BCUT2D eigenvalue weighted by atomic mass is 79.9. The lowest BCUT2D eigenvalue weighted by molar-refractivity contribution is 0.104. The summed E-state index contributed by atoms with van der Waals surface area (Å²) in [6.45, 7) is 4.94. The lowest BCUT2D eigenvalue weighted by atomic mass is 10.1. The predicted octanol–water partition coefficient (Wildman–Crippen LogP) is 4.54. The Hall–Kier alpha value is -2.40. The van der Waals surface area contributed by atoms with Gasteiger partial charge in [0.15, 0.2) is 5.78 Å². The molecule has 0 bridgehead atoms. The minimum atomic E-state index is -0.354. The van der Waals surface area contributed by atoms with Gasteiger partial charge in [0, 0.05) is 16.6 Å². The number of hydrogen-bond donors (Lipinski definition) is 1. The zero-order valence-electron chi connectivity index (χ0n) is 14.2. The van der Waals surface area contributed by atoms with E-state index in [1.54, 1.807) is 24.3 Å². The van der Waals surface area contributed by atoms with Crippen molar-refractivity contribution in [3.8, 4) is 5.75 Å². The Labute approximate surface area is 155 Å². The molecule has 4 nitrogen and oxygen atoms in total. The molecule has 0 unspecified atom stereocenters. The number of ketones is 1. The number of ether oxygens (including phenoxy) is 1. The molecule has 1 N–H and O–H groups in total. The second-order valence-electron chi connectivity index (χ2n) is 5.22. The SMILES string of the molecule is CCNc1ccc(Br)cc(C(=O)C=Cc2ccccc2OCC)c1=O. The first kappa shape index (κ1) is 18.9. The van der Waals surface area contributed by atoms with Gasteiger partial charge in [0.1, 0.15) is 5.75 Å². The molecule has 0 aliphatic carbocycles. The molecule has 0 amide bonds. The largest absolute Gasteiger partial charge is 0.493 e. The van der Waals surface area contributed by atoms with E-state index in [9.17, 15) is 9.59 Å². The first-order valence-electron chi connectivity index (χ1n) is 8.08. The summed E-state index contributed by atoms with van der Waals surface area (Å²) in [5, 5.41) is 2.99. The Bertz CT molecular complexity index is 846. The molecule has 0 saturated carbocycles. The average molecular weight is 402 g/mol. The third-order valence-electron chi connectivity index (χ3n) is 3.45. The number of hydrogen-bond acceptors (Lipinski definition) is 4. The third kappa shape index (κ3) is 5.03. The number of halogens is 1. The van der Waals surface area contributed by atoms with E-state index in [0.717, 1.165) is 5.56 Å². The van der Waals surface area contributed by atoms with Crippen molar-refractivity contribution in [2.75, 3.05) is 18.5 Å². The highest BCUT2D eigenvalue weighted by Gasteiger charge is 2.11. The van der Waals surface area contributed by atoms with Crippen molar-refractivity contribution < 1.29 is 9.53 Å². The Kier molecular flexibility index (Phi) is 6.95. The van der Waals surface area contributed by atoms with Gasteiger partial charge in [0.05, 0.1) is 17.9 Å². The van der Waals surface area contributed by atoms with E-state index in [0.29, 0.717) is 29.1 Å². The van der Waals surface area contributed by atoms with Crippen LogP contribution in [-0.2, 0) is 0 Å². The van der Waals surface area contributed by atoms with E-state index in [1.165, 1.54) is 6.08 Å². The maximum absolute atomic E-state index is 12.6. The van der Waals surface area contributed by atoms with Crippen molar-refractivity contribution >= 4 is 33.5 Å². The molecule has 130 valence electrons. The molecule has 2 rings (SSSR count). The summed E-state index contributed by atoms with van der Waals surface area (Å²) in [4.78, 5) is 25.1. The first-order valence-corrected chi connectivity index (χ1v) is 8.88. The zero-order chi connectivity index (χ0) is 18.2. The molecular weight excluding hydrogens is 382 g/mol. The fourth-order valence-electron chi connectivity index (χ4n) is 2.31. The van der Waals surface area contributed by atoms with E-state index in [2.05, 4.69) is 21.2 Å². The van der Waals surface area contributed by atoms with E-state index in [4.69, 9.17) is 4.74 Å². The minimum absolute atomic E-state index is 0.109. The molecule has 0 fully saturated rings. The number of rotatable bonds is 7. The van der Waals surface area contributed by atoms with Crippen LogP contribution in [0.25, 0.3) is 6.08 Å². The second kappa shape index (κ2) is 9.18. The maximum atomic E-state index is 12.6. The minimum Gasteiger partial charge on any atom is -0.493 e. The zero-order valence-corrected chi connectivity index (χ0v) is 15.8. The number of para-hydroxylation sites is 1. The van der Waals surface area contributed by atoms with Crippen LogP contribution in [-0.4, -0.2) is 18.9 Å². The highest BCUT2D eigenvalue weighted by Crippen LogP contribution is 2.20. The molecule has 0 saturated heterocycles. The molecule has 0 radical (unpaired) electrons. The van der Waals surface area contributed by atoms with Crippen LogP contribution in [0.3, 0.4) is 0 Å². The molecule has 0 atom stereocenters. The number of allylic oxidation sites excluding steroid dienone is 1. The van der Waals surface area contributed by atoms with Crippen LogP contribution in [0.15, 0.2) is 57.8 Å². The summed E-state index contributed by atoms with van der Waals surface area (Å²) >= 11 is 3.35. The lowest BCUT2D eigenvalue weighted by Gasteiger charge is -2.06. The van der Waals surface area contributed by atoms with Gasteiger partial charge in [-0.25, -0.2) is 0 Å². The van der Waals surface area contributed by atoms with Gasteiger partial charge in [-0.2, -0.15) is 0 Å². The molecule has 0 heterocycles. The van der Waals surface area contributed by atoms with Gasteiger partial charge >= 0.3 is 0 Å². The Morgan fingerprint density at radius 1 is 1.20 bits per heavy atom. The fourth-order valence-corrected chi connectivity index (χ4v) is 2.67. The van der Waals surface area contributed by atoms with Crippen LogP contribution in [0.4, 0.5) is 5.69 Å². The molecule has 0 aliphatic rings. The van der Waals surface area contributed by atoms with Crippen molar-refractivity contribution in [2.45, 2.75) is 13.8 Å². The third-order valence-corrected chi connectivity index (χ3v) is 3.94. The molecule has 0 spiro atoms. The Morgan fingerprint density at radius 3 is 2.68 bits per heavy atom. The van der Waals surface area contributed by atoms with E-state index >= 15 is 0 Å². The summed E-state index contributed by atoms with van der Waals surface area (Å²) in [7, 11) is 0. The van der Waals surface area contributed by atoms with Gasteiger partial charge in [-0.15, -0.1) is 0 Å². The number of anilines is 1. The number of benzene rings is 1. The summed E-state index contributed by atoms with van der Waals surface area (Å²) < 4.78 is 6.21. The normalized spacial score (nSPS) is 10.7. The Morgan fingerprint density at radius 2 is 1.96 bits per heavy atom. The van der Waals surface area contributed by atoms with Crippen LogP contribution >= 0.6 is 15.9 Å². The predicted molar refractivity (Wildman–Crippen MR) is 106 cm³/mol. The number of nitrogens with one attached hydrogen (secondary N) is 1. The molecule has 2 aromatic rings. The number of carbonyl (C=O) groups is 1. The maximum Gasteiger partial charge on any atom is 0.212 e. The van der Waals surface area contributed by atoms with Crippen molar-refractivity contribution in [3.05, 3.63) is 74.4 Å². The van der Waals surface area contributed by atoms with E-state index in [-0.39, 0.29) is 16.8 Å². The smallest absolute Gasteiger partial charge is 0.212 e. The topological polar surface area (TPSA) is 55.4 Å². The van der Waals surface area contributed by atoms with Gasteiger partial charge in [-0.05, 0) is 50.3 Å². The van der Waals surface area contributed by atoms with E-state index in [1.807, 2.05) is 38.1 Å². The first-order chi connectivity index (χ1) is 12.1. The second-order valence-corrected chi connectivity index (χ2v) is 6.13. The fraction of sp³-hybridized carbons (Fsp3) is 0.200. The van der Waals surface area contributed by atoms with Crippen molar-refractivity contribution in [2.24, 2.45) is 0 Å². The summed E-state index contributed by atoms with van der Waals surface area (Å²) in [5.74, 6) is 0.344. The molecule has 2 aromatic carbocycles. The van der Waals surface area contributed by atoms with Crippen LogP contribution in [0.5, 0.6) is 5.75 Å². The highest BCUT2D eigenvalue weighted by molar-refractivity contribution is 9.10. The van der Waals surface area contributed by atoms with Crippen LogP contribution in [0.2, 0.25) is 0 Å². The van der Waals surface area contributed by atoms with Crippen molar-refractivity contribution in [1.29, 1.82) is 0 Å². The molecule has 0 aliphatic heterocycles. The van der Waals surface area contributed by atoms with Crippen LogP contribution in [0.1, 0.15) is 29.8 Å². The molecular formula is C20H20BrNO3. The van der Waals surface area contributed by atoms with Crippen molar-refractivity contribution in [1.82, 2.24) is 0 Å². The van der Waals surface area contributed by atoms with Crippen LogP contribution in [0, 0.1) is 0 Å². The summed E-state index contributed by atoms with van der Waals surface area (Å²) in [6, 6.07) is 12.4. The van der Waals surface area contributed by atoms with E-state index < -0.39 is 0 Å². The van der Waals surface area contributed by atoms with Gasteiger partial charge < -0.3 is 10.1 Å². The Balaban J connectivity index is 2.39. The van der Waals surface area contributed by atoms with Crippen molar-refractivity contribution in [3.63, 3.8) is 0 Å². The standard InChI is InChI=1S/C20H20BrNO3/c1-3-22-17-11-10-15(21)13-16(20(17)24)18(23)12-9-14-7-5-6-8-19(14)25-4-2/h5-13H,3-4H2,1-2H3,(H,22,24). The van der Waals surface area contributed by atoms with Gasteiger partial charge in [-0.3, -0.25) is 9.59 Å². The monoisotopic (exact) mass is 401 g/mol.